The normalized spacial score (nSPS) is 15.6. The van der Waals surface area contributed by atoms with E-state index in [1.54, 1.807) is 7.11 Å². The SMILES string of the molecule is COc1cc(C/C=C/c2cc(C)c(OCCn3c(CN4CCCCC4)nc4ccccc43)c(C)c2)ccc1OCCn1c(CN2CCOCC2)nc2ccccc21. The van der Waals surface area contributed by atoms with E-state index in [0.29, 0.717) is 19.8 Å². The molecule has 0 bridgehead atoms. The van der Waals surface area contributed by atoms with Gasteiger partial charge in [-0.2, -0.15) is 0 Å². The van der Waals surface area contributed by atoms with Crippen molar-refractivity contribution in [2.24, 2.45) is 0 Å². The first-order valence-corrected chi connectivity index (χ1v) is 20.6. The lowest BCUT2D eigenvalue weighted by atomic mass is 10.0. The van der Waals surface area contributed by atoms with Gasteiger partial charge >= 0.3 is 0 Å². The van der Waals surface area contributed by atoms with Gasteiger partial charge in [-0.25, -0.2) is 9.97 Å². The van der Waals surface area contributed by atoms with Gasteiger partial charge in [-0.1, -0.05) is 48.9 Å². The Morgan fingerprint density at radius 1 is 0.667 bits per heavy atom. The van der Waals surface area contributed by atoms with Crippen molar-refractivity contribution < 1.29 is 18.9 Å². The van der Waals surface area contributed by atoms with E-state index in [2.05, 4.69) is 112 Å². The number of hydrogen-bond donors (Lipinski definition) is 0. The average molecular weight is 769 g/mol. The van der Waals surface area contributed by atoms with Gasteiger partial charge < -0.3 is 28.1 Å². The fourth-order valence-electron chi connectivity index (χ4n) is 8.35. The lowest BCUT2D eigenvalue weighted by Crippen LogP contribution is -2.36. The maximum atomic E-state index is 6.48. The van der Waals surface area contributed by atoms with Crippen molar-refractivity contribution in [2.75, 3.05) is 59.7 Å². The maximum Gasteiger partial charge on any atom is 0.161 e. The molecule has 2 aliphatic heterocycles. The summed E-state index contributed by atoms with van der Waals surface area (Å²) in [7, 11) is 1.70. The van der Waals surface area contributed by atoms with Crippen molar-refractivity contribution in [3.05, 3.63) is 119 Å². The van der Waals surface area contributed by atoms with Gasteiger partial charge in [0.15, 0.2) is 11.5 Å². The van der Waals surface area contributed by atoms with Crippen LogP contribution in [0.5, 0.6) is 17.2 Å². The van der Waals surface area contributed by atoms with Crippen LogP contribution in [0.2, 0.25) is 0 Å². The number of hydrogen-bond acceptors (Lipinski definition) is 8. The lowest BCUT2D eigenvalue weighted by Gasteiger charge is -2.26. The Morgan fingerprint density at radius 3 is 1.89 bits per heavy atom. The second kappa shape index (κ2) is 18.4. The van der Waals surface area contributed by atoms with Crippen molar-refractivity contribution in [1.29, 1.82) is 0 Å². The highest BCUT2D eigenvalue weighted by Gasteiger charge is 2.19. The molecule has 4 heterocycles. The number of ether oxygens (including phenoxy) is 4. The van der Waals surface area contributed by atoms with Crippen LogP contribution in [0, 0.1) is 13.8 Å². The van der Waals surface area contributed by atoms with Gasteiger partial charge in [0, 0.05) is 13.1 Å². The smallest absolute Gasteiger partial charge is 0.161 e. The topological polar surface area (TPSA) is 79.0 Å². The summed E-state index contributed by atoms with van der Waals surface area (Å²) < 4.78 is 28.8. The van der Waals surface area contributed by atoms with Gasteiger partial charge in [0.1, 0.15) is 30.6 Å². The minimum atomic E-state index is 0.505. The third kappa shape index (κ3) is 9.36. The highest BCUT2D eigenvalue weighted by Crippen LogP contribution is 2.30. The average Bonchev–Trinajstić information content (AvgIpc) is 3.76. The highest BCUT2D eigenvalue weighted by molar-refractivity contribution is 5.76. The minimum Gasteiger partial charge on any atom is -0.493 e. The molecule has 2 aromatic heterocycles. The molecule has 10 heteroatoms. The first-order chi connectivity index (χ1) is 28.0. The second-order valence-electron chi connectivity index (χ2n) is 15.3. The Kier molecular flexibility index (Phi) is 12.5. The molecule has 298 valence electrons. The molecule has 0 aliphatic carbocycles. The van der Waals surface area contributed by atoms with Crippen molar-refractivity contribution >= 4 is 28.1 Å². The molecule has 0 N–H and O–H groups in total. The number of piperidine rings is 1. The summed E-state index contributed by atoms with van der Waals surface area (Å²) >= 11 is 0. The fourth-order valence-corrected chi connectivity index (χ4v) is 8.35. The zero-order chi connectivity index (χ0) is 39.0. The molecule has 10 nitrogen and oxygen atoms in total. The number of rotatable bonds is 16. The summed E-state index contributed by atoms with van der Waals surface area (Å²) in [4.78, 5) is 14.9. The molecule has 57 heavy (non-hydrogen) atoms. The molecule has 0 atom stereocenters. The van der Waals surface area contributed by atoms with Gasteiger partial charge in [0.2, 0.25) is 0 Å². The molecule has 0 spiro atoms. The van der Waals surface area contributed by atoms with Gasteiger partial charge in [-0.15, -0.1) is 0 Å². The van der Waals surface area contributed by atoms with Gasteiger partial charge in [0.05, 0.1) is 68.6 Å². The van der Waals surface area contributed by atoms with Crippen LogP contribution in [-0.2, 0) is 37.3 Å². The molecule has 6 aromatic rings. The van der Waals surface area contributed by atoms with Crippen LogP contribution in [0.15, 0.2) is 84.9 Å². The van der Waals surface area contributed by atoms with Crippen molar-refractivity contribution in [3.63, 3.8) is 0 Å². The predicted octanol–water partition coefficient (Wildman–Crippen LogP) is 8.24. The van der Waals surface area contributed by atoms with E-state index in [9.17, 15) is 0 Å². The van der Waals surface area contributed by atoms with Crippen molar-refractivity contribution in [2.45, 2.75) is 65.7 Å². The Balaban J connectivity index is 0.863. The third-order valence-electron chi connectivity index (χ3n) is 11.3. The number of aromatic nitrogens is 4. The van der Waals surface area contributed by atoms with E-state index in [1.165, 1.54) is 24.8 Å². The van der Waals surface area contributed by atoms with Crippen LogP contribution in [0.1, 0.15) is 53.2 Å². The van der Waals surface area contributed by atoms with Crippen LogP contribution in [0.4, 0.5) is 0 Å². The number of likely N-dealkylation sites (tertiary alicyclic amines) is 1. The highest BCUT2D eigenvalue weighted by atomic mass is 16.5. The van der Waals surface area contributed by atoms with Gasteiger partial charge in [0.25, 0.3) is 0 Å². The molecule has 2 saturated heterocycles. The number of para-hydroxylation sites is 4. The van der Waals surface area contributed by atoms with E-state index < -0.39 is 0 Å². The maximum absolute atomic E-state index is 6.48. The van der Waals surface area contributed by atoms with Crippen LogP contribution >= 0.6 is 0 Å². The van der Waals surface area contributed by atoms with Crippen molar-refractivity contribution in [1.82, 2.24) is 28.9 Å². The molecule has 2 fully saturated rings. The van der Waals surface area contributed by atoms with Crippen LogP contribution < -0.4 is 14.2 Å². The van der Waals surface area contributed by atoms with E-state index in [0.717, 1.165) is 133 Å². The first-order valence-electron chi connectivity index (χ1n) is 20.6. The molecule has 2 aliphatic rings. The molecule has 8 rings (SSSR count). The first kappa shape index (κ1) is 38.7. The van der Waals surface area contributed by atoms with Gasteiger partial charge in [-0.3, -0.25) is 9.80 Å². The largest absolute Gasteiger partial charge is 0.493 e. The summed E-state index contributed by atoms with van der Waals surface area (Å²) in [5, 5.41) is 0. The predicted molar refractivity (Wildman–Crippen MR) is 227 cm³/mol. The molecule has 0 radical (unpaired) electrons. The standard InChI is InChI=1S/C47H56N6O4/c1-35-30-38(31-36(2)47(35)57-29-25-53-42-17-8-6-15-40(42)48-45(53)33-50-20-9-4-10-21-50)13-11-12-37-18-19-43(44(32-37)54-3)56-28-24-52-41-16-7-5-14-39(41)49-46(52)34-51-22-26-55-27-23-51/h5-8,11,13-19,30-32H,4,9-10,12,20-29,33-34H2,1-3H3/b13-11+. The number of imidazole rings is 2. The van der Waals surface area contributed by atoms with Crippen LogP contribution in [-0.4, -0.2) is 88.6 Å². The van der Waals surface area contributed by atoms with E-state index in [1.807, 2.05) is 12.1 Å². The summed E-state index contributed by atoms with van der Waals surface area (Å²) in [5.41, 5.74) is 8.96. The Labute approximate surface area is 336 Å². The quantitative estimate of drug-likeness (QED) is 0.0975. The monoisotopic (exact) mass is 768 g/mol. The second-order valence-corrected chi connectivity index (χ2v) is 15.3. The van der Waals surface area contributed by atoms with E-state index >= 15 is 0 Å². The molecule has 0 saturated carbocycles. The number of methoxy groups -OCH3 is 1. The molecule has 4 aromatic carbocycles. The Hall–Kier alpha value is -5.16. The third-order valence-corrected chi connectivity index (χ3v) is 11.3. The molecular formula is C47H56N6O4. The number of morpholine rings is 1. The van der Waals surface area contributed by atoms with E-state index in [4.69, 9.17) is 28.9 Å². The summed E-state index contributed by atoms with van der Waals surface area (Å²) in [6, 6.07) is 27.4. The fraction of sp³-hybridized carbons (Fsp3) is 0.404. The summed E-state index contributed by atoms with van der Waals surface area (Å²) in [6.07, 6.45) is 9.05. The number of benzene rings is 4. The zero-order valence-electron chi connectivity index (χ0n) is 33.8. The number of allylic oxidation sites excluding steroid dienone is 1. The molecule has 0 amide bonds. The molecular weight excluding hydrogens is 713 g/mol. The van der Waals surface area contributed by atoms with Crippen LogP contribution in [0.25, 0.3) is 28.1 Å². The zero-order valence-corrected chi connectivity index (χ0v) is 33.8. The minimum absolute atomic E-state index is 0.505. The van der Waals surface area contributed by atoms with Crippen molar-refractivity contribution in [3.8, 4) is 17.2 Å². The number of fused-ring (bicyclic) bond motifs is 2. The number of aryl methyl sites for hydroxylation is 2. The number of nitrogens with zero attached hydrogens (tertiary/aromatic N) is 6. The molecule has 0 unspecified atom stereocenters. The van der Waals surface area contributed by atoms with Gasteiger partial charge in [-0.05, 0) is 117 Å². The summed E-state index contributed by atoms with van der Waals surface area (Å²) in [6.45, 7) is 14.2. The lowest BCUT2D eigenvalue weighted by molar-refractivity contribution is 0.0326. The van der Waals surface area contributed by atoms with E-state index in [-0.39, 0.29) is 0 Å². The van der Waals surface area contributed by atoms with Crippen LogP contribution in [0.3, 0.4) is 0 Å². The summed E-state index contributed by atoms with van der Waals surface area (Å²) in [5.74, 6) is 4.62. The Bertz CT molecular complexity index is 2280. The Morgan fingerprint density at radius 2 is 1.26 bits per heavy atom.